The zero-order valence-electron chi connectivity index (χ0n) is 18.9. The van der Waals surface area contributed by atoms with E-state index in [0.717, 1.165) is 11.8 Å². The molecule has 6 N–H and O–H groups in total. The van der Waals surface area contributed by atoms with Crippen LogP contribution in [-0.2, 0) is 30.8 Å². The highest BCUT2D eigenvalue weighted by molar-refractivity contribution is 7.88. The summed E-state index contributed by atoms with van der Waals surface area (Å²) in [4.78, 5) is 38.1. The molecule has 10 nitrogen and oxygen atoms in total. The Bertz CT molecular complexity index is 1130. The average Bonchev–Trinajstić information content (AvgIpc) is 2.79. The molecule has 13 heteroatoms. The monoisotopic (exact) mass is 541 g/mol. The number of benzene rings is 2. The summed E-state index contributed by atoms with van der Waals surface area (Å²) < 4.78 is 26.2. The number of nitrogens with one attached hydrogen (secondary N) is 4. The third-order valence-electron chi connectivity index (χ3n) is 4.62. The molecule has 1 unspecified atom stereocenters. The maximum Gasteiger partial charge on any atom is 0.243 e. The van der Waals surface area contributed by atoms with E-state index < -0.39 is 45.2 Å². The average molecular weight is 542 g/mol. The number of thiol groups is 1. The molecule has 2 rings (SSSR count). The number of carbonyl (C=O) groups excluding carboxylic acids is 3. The second-order valence-corrected chi connectivity index (χ2v) is 10.6. The van der Waals surface area contributed by atoms with Gasteiger partial charge in [0.25, 0.3) is 0 Å². The Hall–Kier alpha value is -2.64. The first-order valence-corrected chi connectivity index (χ1v) is 13.3. The lowest BCUT2D eigenvalue weighted by Crippen LogP contribution is -2.52. The number of carbonyl (C=O) groups is 3. The van der Waals surface area contributed by atoms with E-state index in [1.165, 1.54) is 12.1 Å². The van der Waals surface area contributed by atoms with Gasteiger partial charge in [0.1, 0.15) is 12.1 Å². The van der Waals surface area contributed by atoms with Gasteiger partial charge in [-0.05, 0) is 23.3 Å². The van der Waals surface area contributed by atoms with Crippen LogP contribution < -0.4 is 26.4 Å². The van der Waals surface area contributed by atoms with Crippen molar-refractivity contribution in [3.8, 4) is 0 Å². The molecule has 0 heterocycles. The quantitative estimate of drug-likeness (QED) is 0.165. The zero-order chi connectivity index (χ0) is 26.0. The maximum absolute atomic E-state index is 13.2. The predicted molar refractivity (Wildman–Crippen MR) is 137 cm³/mol. The number of halogens is 1. The van der Waals surface area contributed by atoms with Crippen LogP contribution >= 0.6 is 24.2 Å². The van der Waals surface area contributed by atoms with Gasteiger partial charge in [0.2, 0.25) is 27.7 Å². The van der Waals surface area contributed by atoms with Crippen LogP contribution in [0, 0.1) is 0 Å². The standard InChI is InChI=1S/C22H28ClN5O5S2/c1-35(32,33)28-20(15-8-5-9-16(23)11-15)22(31)27-17(10-14-6-3-2-4-7-14)21(30)26-13-19(29)25-12-18(24)34/h2-9,11,17-18,20,28,34H,10,12-13,24H2,1H3,(H,25,29)(H,26,30)(H,27,31)/t17-,18?,20-/m0/s1. The molecule has 0 aliphatic rings. The molecule has 0 radical (unpaired) electrons. The number of nitrogens with two attached hydrogens (primary N) is 1. The molecule has 3 amide bonds. The molecule has 0 saturated heterocycles. The van der Waals surface area contributed by atoms with Crippen molar-refractivity contribution in [2.45, 2.75) is 23.9 Å². The summed E-state index contributed by atoms with van der Waals surface area (Å²) in [7, 11) is -3.80. The molecule has 2 aromatic rings. The van der Waals surface area contributed by atoms with E-state index in [-0.39, 0.29) is 19.5 Å². The van der Waals surface area contributed by atoms with Crippen LogP contribution in [0.25, 0.3) is 0 Å². The third-order valence-corrected chi connectivity index (χ3v) is 5.70. The molecule has 0 aliphatic heterocycles. The fourth-order valence-corrected chi connectivity index (χ4v) is 4.02. The van der Waals surface area contributed by atoms with Gasteiger partial charge in [-0.3, -0.25) is 14.4 Å². The van der Waals surface area contributed by atoms with Gasteiger partial charge in [0.15, 0.2) is 0 Å². The van der Waals surface area contributed by atoms with Crippen LogP contribution in [0.2, 0.25) is 5.02 Å². The summed E-state index contributed by atoms with van der Waals surface area (Å²) in [5.74, 6) is -1.88. The van der Waals surface area contributed by atoms with Crippen molar-refractivity contribution < 1.29 is 22.8 Å². The van der Waals surface area contributed by atoms with Gasteiger partial charge in [-0.2, -0.15) is 17.4 Å². The summed E-state index contributed by atoms with van der Waals surface area (Å²) >= 11 is 9.98. The first-order valence-electron chi connectivity index (χ1n) is 10.5. The summed E-state index contributed by atoms with van der Waals surface area (Å²) in [5, 5.41) is 7.33. The van der Waals surface area contributed by atoms with Crippen LogP contribution in [0.1, 0.15) is 17.2 Å². The molecule has 0 aromatic heterocycles. The highest BCUT2D eigenvalue weighted by Gasteiger charge is 2.29. The maximum atomic E-state index is 13.2. The van der Waals surface area contributed by atoms with Gasteiger partial charge in [-0.25, -0.2) is 8.42 Å². The van der Waals surface area contributed by atoms with Crippen molar-refractivity contribution >= 4 is 52.0 Å². The Morgan fingerprint density at radius 1 is 1.03 bits per heavy atom. The molecule has 0 spiro atoms. The van der Waals surface area contributed by atoms with E-state index in [9.17, 15) is 22.8 Å². The van der Waals surface area contributed by atoms with Gasteiger partial charge in [0.05, 0.1) is 18.2 Å². The van der Waals surface area contributed by atoms with Crippen molar-refractivity contribution in [2.75, 3.05) is 19.3 Å². The van der Waals surface area contributed by atoms with Crippen LogP contribution in [0.15, 0.2) is 54.6 Å². The molecule has 3 atom stereocenters. The van der Waals surface area contributed by atoms with Crippen LogP contribution in [0.3, 0.4) is 0 Å². The minimum absolute atomic E-state index is 0.0999. The van der Waals surface area contributed by atoms with Crippen molar-refractivity contribution in [3.05, 3.63) is 70.7 Å². The molecule has 35 heavy (non-hydrogen) atoms. The third kappa shape index (κ3) is 10.7. The summed E-state index contributed by atoms with van der Waals surface area (Å²) in [6.07, 6.45) is 1.02. The molecule has 0 fully saturated rings. The number of rotatable bonds is 12. The van der Waals surface area contributed by atoms with Crippen LogP contribution in [0.5, 0.6) is 0 Å². The van der Waals surface area contributed by atoms with E-state index in [0.29, 0.717) is 10.6 Å². The molecule has 0 saturated carbocycles. The van der Waals surface area contributed by atoms with E-state index >= 15 is 0 Å². The molecule has 0 bridgehead atoms. The van der Waals surface area contributed by atoms with Gasteiger partial charge in [0, 0.05) is 18.0 Å². The van der Waals surface area contributed by atoms with Crippen LogP contribution in [-0.4, -0.2) is 56.9 Å². The lowest BCUT2D eigenvalue weighted by molar-refractivity contribution is -0.131. The van der Waals surface area contributed by atoms with Gasteiger partial charge in [-0.1, -0.05) is 54.1 Å². The van der Waals surface area contributed by atoms with Crippen LogP contribution in [0.4, 0.5) is 0 Å². The lowest BCUT2D eigenvalue weighted by Gasteiger charge is -2.23. The Morgan fingerprint density at radius 3 is 2.31 bits per heavy atom. The minimum Gasteiger partial charge on any atom is -0.352 e. The van der Waals surface area contributed by atoms with Crippen molar-refractivity contribution in [3.63, 3.8) is 0 Å². The fourth-order valence-electron chi connectivity index (χ4n) is 3.06. The predicted octanol–water partition coefficient (Wildman–Crippen LogP) is 0.105. The van der Waals surface area contributed by atoms with Crippen molar-refractivity contribution in [1.29, 1.82) is 0 Å². The number of hydrogen-bond acceptors (Lipinski definition) is 7. The molecular weight excluding hydrogens is 514 g/mol. The summed E-state index contributed by atoms with van der Waals surface area (Å²) in [6.45, 7) is -0.236. The summed E-state index contributed by atoms with van der Waals surface area (Å²) in [6, 6.07) is 12.6. The Labute approximate surface area is 214 Å². The number of amides is 3. The minimum atomic E-state index is -3.80. The topological polar surface area (TPSA) is 159 Å². The van der Waals surface area contributed by atoms with E-state index in [1.54, 1.807) is 42.5 Å². The molecular formula is C22H28ClN5O5S2. The second kappa shape index (κ2) is 13.4. The highest BCUT2D eigenvalue weighted by atomic mass is 35.5. The number of hydrogen-bond donors (Lipinski definition) is 6. The molecule has 190 valence electrons. The largest absolute Gasteiger partial charge is 0.352 e. The van der Waals surface area contributed by atoms with Gasteiger partial charge < -0.3 is 21.7 Å². The Morgan fingerprint density at radius 2 is 1.71 bits per heavy atom. The van der Waals surface area contributed by atoms with Gasteiger partial charge >= 0.3 is 0 Å². The lowest BCUT2D eigenvalue weighted by atomic mass is 10.0. The molecule has 0 aliphatic carbocycles. The van der Waals surface area contributed by atoms with E-state index in [2.05, 4.69) is 33.3 Å². The van der Waals surface area contributed by atoms with E-state index in [1.807, 2.05) is 0 Å². The first kappa shape index (κ1) is 28.6. The fraction of sp³-hybridized carbons (Fsp3) is 0.318. The normalized spacial score (nSPS) is 13.8. The zero-order valence-corrected chi connectivity index (χ0v) is 21.4. The van der Waals surface area contributed by atoms with E-state index in [4.69, 9.17) is 17.3 Å². The Kier molecular flexibility index (Phi) is 11.0. The SMILES string of the molecule is CS(=O)(=O)N[C@H](C(=O)N[C@@H](Cc1ccccc1)C(=O)NCC(=O)NCC(N)S)c1cccc(Cl)c1. The Balaban J connectivity index is 2.22. The smallest absolute Gasteiger partial charge is 0.243 e. The number of sulfonamides is 1. The van der Waals surface area contributed by atoms with Gasteiger partial charge in [-0.15, -0.1) is 0 Å². The second-order valence-electron chi connectivity index (χ2n) is 7.72. The summed E-state index contributed by atoms with van der Waals surface area (Å²) in [5.41, 5.74) is 6.51. The first-order chi connectivity index (χ1) is 16.4. The molecule has 2 aromatic carbocycles. The van der Waals surface area contributed by atoms with Crippen molar-refractivity contribution in [2.24, 2.45) is 5.73 Å². The van der Waals surface area contributed by atoms with Crippen molar-refractivity contribution in [1.82, 2.24) is 20.7 Å². The highest BCUT2D eigenvalue weighted by Crippen LogP contribution is 2.19.